The number of carbonyl (C=O) groups excluding carboxylic acids is 1. The number of carbonyl (C=O) groups is 1. The normalized spacial score (nSPS) is 24.6. The number of β-lactam (4-membered cyclic amide) rings is 1. The average Bonchev–Trinajstić information content (AvgIpc) is 2.63. The van der Waals surface area contributed by atoms with Crippen LogP contribution in [0.5, 0.6) is 0 Å². The van der Waals surface area contributed by atoms with E-state index < -0.39 is 0 Å². The molecular formula is C8H9N5OS. The van der Waals surface area contributed by atoms with Gasteiger partial charge in [0.05, 0.1) is 11.8 Å². The van der Waals surface area contributed by atoms with Crippen molar-refractivity contribution in [2.75, 3.05) is 5.75 Å². The van der Waals surface area contributed by atoms with Crippen LogP contribution in [0.4, 0.5) is 0 Å². The Morgan fingerprint density at radius 1 is 1.60 bits per heavy atom. The van der Waals surface area contributed by atoms with Gasteiger partial charge in [0, 0.05) is 24.6 Å². The molecule has 1 aromatic rings. The summed E-state index contributed by atoms with van der Waals surface area (Å²) in [6.45, 7) is 0. The highest BCUT2D eigenvalue weighted by atomic mass is 32.2. The highest BCUT2D eigenvalue weighted by molar-refractivity contribution is 8.00. The maximum absolute atomic E-state index is 11.3. The van der Waals surface area contributed by atoms with Gasteiger partial charge < -0.3 is 4.90 Å². The fourth-order valence-electron chi connectivity index (χ4n) is 1.71. The van der Waals surface area contributed by atoms with Gasteiger partial charge in [-0.15, -0.1) is 16.9 Å². The summed E-state index contributed by atoms with van der Waals surface area (Å²) >= 11 is 1.76. The topological polar surface area (TPSA) is 63.9 Å². The molecule has 3 rings (SSSR count). The fraction of sp³-hybridized carbons (Fsp3) is 0.500. The first-order valence-electron chi connectivity index (χ1n) is 4.62. The van der Waals surface area contributed by atoms with Gasteiger partial charge in [-0.1, -0.05) is 0 Å². The van der Waals surface area contributed by atoms with Crippen molar-refractivity contribution in [3.63, 3.8) is 0 Å². The Balaban J connectivity index is 1.94. The van der Waals surface area contributed by atoms with E-state index in [1.807, 2.05) is 6.20 Å². The number of rotatable bonds is 1. The number of aromatic nitrogens is 4. The van der Waals surface area contributed by atoms with Crippen molar-refractivity contribution in [2.45, 2.75) is 11.8 Å². The number of amides is 1. The molecule has 0 saturated carbocycles. The zero-order valence-electron chi connectivity index (χ0n) is 8.12. The Labute approximate surface area is 90.3 Å². The van der Waals surface area contributed by atoms with E-state index in [9.17, 15) is 4.79 Å². The average molecular weight is 223 g/mol. The molecule has 1 fully saturated rings. The molecule has 2 aliphatic heterocycles. The molecule has 1 saturated heterocycles. The first-order chi connectivity index (χ1) is 7.25. The van der Waals surface area contributed by atoms with Gasteiger partial charge in [-0.3, -0.25) is 4.79 Å². The number of thioether (sulfide) groups is 1. The minimum Gasteiger partial charge on any atom is -0.306 e. The second-order valence-electron chi connectivity index (χ2n) is 3.55. The van der Waals surface area contributed by atoms with Gasteiger partial charge in [-0.05, 0) is 10.4 Å². The molecule has 1 amide bonds. The van der Waals surface area contributed by atoms with Gasteiger partial charge >= 0.3 is 0 Å². The highest BCUT2D eigenvalue weighted by Crippen LogP contribution is 2.37. The maximum atomic E-state index is 11.3. The molecule has 6 nitrogen and oxygen atoms in total. The van der Waals surface area contributed by atoms with Crippen molar-refractivity contribution in [1.29, 1.82) is 0 Å². The SMILES string of the molecule is Cn1nnnc1C1=CN2C(=O)C[C@@H]2SC1. The Morgan fingerprint density at radius 2 is 2.47 bits per heavy atom. The van der Waals surface area contributed by atoms with Crippen molar-refractivity contribution in [1.82, 2.24) is 25.1 Å². The minimum absolute atomic E-state index is 0.180. The number of hydrogen-bond acceptors (Lipinski definition) is 5. The zero-order chi connectivity index (χ0) is 10.4. The lowest BCUT2D eigenvalue weighted by atomic mass is 10.2. The summed E-state index contributed by atoms with van der Waals surface area (Å²) in [4.78, 5) is 13.0. The van der Waals surface area contributed by atoms with Gasteiger partial charge in [0.1, 0.15) is 0 Å². The predicted molar refractivity (Wildman–Crippen MR) is 54.5 cm³/mol. The van der Waals surface area contributed by atoms with Crippen molar-refractivity contribution < 1.29 is 4.79 Å². The third-order valence-electron chi connectivity index (χ3n) is 2.58. The van der Waals surface area contributed by atoms with Crippen LogP contribution >= 0.6 is 11.8 Å². The lowest BCUT2D eigenvalue weighted by Gasteiger charge is -2.40. The van der Waals surface area contributed by atoms with Crippen LogP contribution in [-0.2, 0) is 11.8 Å². The second-order valence-corrected chi connectivity index (χ2v) is 4.72. The number of hydrogen-bond donors (Lipinski definition) is 0. The van der Waals surface area contributed by atoms with Crippen LogP contribution in [-0.4, -0.2) is 42.1 Å². The summed E-state index contributed by atoms with van der Waals surface area (Å²) in [6.07, 6.45) is 2.53. The number of nitrogens with zero attached hydrogens (tertiary/aromatic N) is 5. The third-order valence-corrected chi connectivity index (χ3v) is 3.84. The molecule has 78 valence electrons. The molecule has 0 spiro atoms. The van der Waals surface area contributed by atoms with Gasteiger partial charge in [0.25, 0.3) is 0 Å². The molecule has 0 unspecified atom stereocenters. The van der Waals surface area contributed by atoms with Crippen LogP contribution in [0.3, 0.4) is 0 Å². The third kappa shape index (κ3) is 1.26. The molecule has 0 radical (unpaired) electrons. The standard InChI is InChI=1S/C8H9N5OS/c1-12-8(9-10-11-12)5-3-13-6(14)2-7(13)15-4-5/h3,7H,2,4H2,1H3/t7-/m0/s1. The number of aryl methyl sites for hydroxylation is 1. The minimum atomic E-state index is 0.180. The first-order valence-corrected chi connectivity index (χ1v) is 5.67. The molecular weight excluding hydrogens is 214 g/mol. The lowest BCUT2D eigenvalue weighted by Crippen LogP contribution is -2.49. The molecule has 7 heteroatoms. The molecule has 2 aliphatic rings. The van der Waals surface area contributed by atoms with Crippen LogP contribution in [0.1, 0.15) is 12.2 Å². The summed E-state index contributed by atoms with van der Waals surface area (Å²) < 4.78 is 1.62. The smallest absolute Gasteiger partial charge is 0.230 e. The van der Waals surface area contributed by atoms with Crippen LogP contribution < -0.4 is 0 Å². The van der Waals surface area contributed by atoms with E-state index in [2.05, 4.69) is 15.5 Å². The summed E-state index contributed by atoms with van der Waals surface area (Å²) in [7, 11) is 1.80. The van der Waals surface area contributed by atoms with E-state index in [1.54, 1.807) is 28.4 Å². The van der Waals surface area contributed by atoms with Crippen LogP contribution in [0, 0.1) is 0 Å². The van der Waals surface area contributed by atoms with Gasteiger partial charge in [-0.25, -0.2) is 4.68 Å². The number of fused-ring (bicyclic) bond motifs is 1. The van der Waals surface area contributed by atoms with E-state index in [4.69, 9.17) is 0 Å². The van der Waals surface area contributed by atoms with Crippen molar-refractivity contribution in [3.8, 4) is 0 Å². The zero-order valence-corrected chi connectivity index (χ0v) is 8.94. The summed E-state index contributed by atoms with van der Waals surface area (Å²) in [6, 6.07) is 0. The molecule has 0 bridgehead atoms. The van der Waals surface area contributed by atoms with Gasteiger partial charge in [-0.2, -0.15) is 0 Å². The summed E-state index contributed by atoms with van der Waals surface area (Å²) in [5.74, 6) is 1.78. The molecule has 1 aromatic heterocycles. The van der Waals surface area contributed by atoms with Crippen LogP contribution in [0.25, 0.3) is 5.57 Å². The molecule has 15 heavy (non-hydrogen) atoms. The van der Waals surface area contributed by atoms with Crippen molar-refractivity contribution in [3.05, 3.63) is 12.0 Å². The maximum Gasteiger partial charge on any atom is 0.230 e. The number of tetrazole rings is 1. The Morgan fingerprint density at radius 3 is 3.13 bits per heavy atom. The largest absolute Gasteiger partial charge is 0.306 e. The van der Waals surface area contributed by atoms with E-state index >= 15 is 0 Å². The second kappa shape index (κ2) is 3.06. The quantitative estimate of drug-likeness (QED) is 0.620. The van der Waals surface area contributed by atoms with Gasteiger partial charge in [0.15, 0.2) is 5.82 Å². The Kier molecular flexibility index (Phi) is 1.82. The molecule has 0 aliphatic carbocycles. The van der Waals surface area contributed by atoms with E-state index in [1.165, 1.54) is 0 Å². The Bertz CT molecular complexity index is 454. The van der Waals surface area contributed by atoms with Crippen LogP contribution in [0.15, 0.2) is 6.20 Å². The summed E-state index contributed by atoms with van der Waals surface area (Å²) in [5.41, 5.74) is 1.01. The van der Waals surface area contributed by atoms with Crippen LogP contribution in [0.2, 0.25) is 0 Å². The Hall–Kier alpha value is -1.37. The molecule has 0 aromatic carbocycles. The van der Waals surface area contributed by atoms with Crippen molar-refractivity contribution >= 4 is 23.2 Å². The summed E-state index contributed by atoms with van der Waals surface area (Å²) in [5, 5.41) is 11.6. The van der Waals surface area contributed by atoms with Gasteiger partial charge in [0.2, 0.25) is 5.91 Å². The lowest BCUT2D eigenvalue weighted by molar-refractivity contribution is -0.137. The highest BCUT2D eigenvalue weighted by Gasteiger charge is 2.38. The fourth-order valence-corrected chi connectivity index (χ4v) is 2.89. The van der Waals surface area contributed by atoms with Crippen molar-refractivity contribution in [2.24, 2.45) is 7.05 Å². The predicted octanol–water partition coefficient (Wildman–Crippen LogP) is -0.144. The van der Waals surface area contributed by atoms with E-state index in [0.717, 1.165) is 17.2 Å². The molecule has 3 heterocycles. The van der Waals surface area contributed by atoms with E-state index in [-0.39, 0.29) is 5.91 Å². The molecule has 1 atom stereocenters. The first kappa shape index (κ1) is 8.90. The van der Waals surface area contributed by atoms with E-state index in [0.29, 0.717) is 11.8 Å². The molecule has 0 N–H and O–H groups in total. The monoisotopic (exact) mass is 223 g/mol.